The van der Waals surface area contributed by atoms with Gasteiger partial charge in [0.25, 0.3) is 0 Å². The Morgan fingerprint density at radius 3 is 2.88 bits per heavy atom. The van der Waals surface area contributed by atoms with Crippen molar-refractivity contribution in [2.24, 2.45) is 0 Å². The summed E-state index contributed by atoms with van der Waals surface area (Å²) in [5.74, 6) is 2.37. The summed E-state index contributed by atoms with van der Waals surface area (Å²) in [7, 11) is 0. The molecule has 2 nitrogen and oxygen atoms in total. The van der Waals surface area contributed by atoms with Crippen LogP contribution in [0.5, 0.6) is 0 Å². The highest BCUT2D eigenvalue weighted by molar-refractivity contribution is 9.10. The van der Waals surface area contributed by atoms with E-state index in [9.17, 15) is 5.11 Å². The van der Waals surface area contributed by atoms with Crippen molar-refractivity contribution >= 4 is 33.4 Å². The van der Waals surface area contributed by atoms with Gasteiger partial charge >= 0.3 is 0 Å². The van der Waals surface area contributed by atoms with Crippen LogP contribution in [0.25, 0.3) is 0 Å². The molecule has 0 aliphatic carbocycles. The Hall–Kier alpha value is -0.190. The second kappa shape index (κ2) is 5.63. The summed E-state index contributed by atoms with van der Waals surface area (Å²) in [5, 5.41) is 9.56. The number of aliphatic hydroxyl groups excluding tert-OH is 1. The number of hydrogen-bond acceptors (Lipinski definition) is 3. The van der Waals surface area contributed by atoms with E-state index in [1.54, 1.807) is 6.92 Å². The number of anilines is 1. The zero-order chi connectivity index (χ0) is 12.4. The Morgan fingerprint density at radius 1 is 1.53 bits per heavy atom. The maximum Gasteiger partial charge on any atom is 0.0762 e. The van der Waals surface area contributed by atoms with Gasteiger partial charge in [-0.3, -0.25) is 0 Å². The molecule has 2 rings (SSSR count). The van der Waals surface area contributed by atoms with Crippen molar-refractivity contribution in [3.8, 4) is 0 Å². The molecule has 4 heteroatoms. The first kappa shape index (κ1) is 13.2. The Bertz CT molecular complexity index is 397. The highest BCUT2D eigenvalue weighted by Crippen LogP contribution is 2.32. The van der Waals surface area contributed by atoms with Crippen LogP contribution in [0.2, 0.25) is 0 Å². The van der Waals surface area contributed by atoms with Gasteiger partial charge in [-0.25, -0.2) is 0 Å². The summed E-state index contributed by atoms with van der Waals surface area (Å²) in [6, 6.07) is 6.72. The van der Waals surface area contributed by atoms with Crippen LogP contribution >= 0.6 is 27.7 Å². The van der Waals surface area contributed by atoms with Gasteiger partial charge < -0.3 is 10.0 Å². The van der Waals surface area contributed by atoms with Crippen molar-refractivity contribution in [1.29, 1.82) is 0 Å². The largest absolute Gasteiger partial charge is 0.389 e. The minimum Gasteiger partial charge on any atom is -0.389 e. The molecule has 0 spiro atoms. The van der Waals surface area contributed by atoms with E-state index in [2.05, 4.69) is 33.8 Å². The average Bonchev–Trinajstić information content (AvgIpc) is 2.30. The van der Waals surface area contributed by atoms with Gasteiger partial charge in [-0.15, -0.1) is 0 Å². The van der Waals surface area contributed by atoms with Gasteiger partial charge in [0.15, 0.2) is 0 Å². The normalized spacial score (nSPS) is 22.6. The van der Waals surface area contributed by atoms with Crippen molar-refractivity contribution in [3.63, 3.8) is 0 Å². The predicted molar refractivity (Wildman–Crippen MR) is 78.9 cm³/mol. The summed E-state index contributed by atoms with van der Waals surface area (Å²) >= 11 is 5.64. The number of thioether (sulfide) groups is 1. The first-order valence-electron chi connectivity index (χ1n) is 5.91. The minimum absolute atomic E-state index is 0.408. The fourth-order valence-corrected chi connectivity index (χ4v) is 3.74. The summed E-state index contributed by atoms with van der Waals surface area (Å²) in [5.41, 5.74) is 2.20. The first-order chi connectivity index (χ1) is 8.09. The van der Waals surface area contributed by atoms with E-state index in [1.165, 1.54) is 17.2 Å². The lowest BCUT2D eigenvalue weighted by Gasteiger charge is -2.35. The maximum atomic E-state index is 9.56. The number of hydrogen-bond donors (Lipinski definition) is 1. The molecule has 0 saturated carbocycles. The van der Waals surface area contributed by atoms with Crippen LogP contribution in [0.15, 0.2) is 22.7 Å². The van der Waals surface area contributed by atoms with Crippen LogP contribution in [0, 0.1) is 0 Å². The number of nitrogens with zero attached hydrogens (tertiary/aromatic N) is 1. The molecule has 0 amide bonds. The van der Waals surface area contributed by atoms with E-state index in [0.717, 1.165) is 16.6 Å². The molecule has 0 bridgehead atoms. The molecule has 1 unspecified atom stereocenters. The topological polar surface area (TPSA) is 23.5 Å². The molecular formula is C13H18BrNOS. The Kier molecular flexibility index (Phi) is 4.39. The zero-order valence-corrected chi connectivity index (χ0v) is 12.6. The molecule has 0 aromatic heterocycles. The van der Waals surface area contributed by atoms with Crippen molar-refractivity contribution in [2.45, 2.75) is 26.0 Å². The van der Waals surface area contributed by atoms with E-state index in [4.69, 9.17) is 0 Å². The molecule has 1 saturated heterocycles. The van der Waals surface area contributed by atoms with Gasteiger partial charge in [0, 0.05) is 28.6 Å². The van der Waals surface area contributed by atoms with E-state index >= 15 is 0 Å². The standard InChI is InChI=1S/C13H18BrNOS/c1-9-8-17-6-5-15(9)13-4-3-11(10(2)16)7-12(13)14/h3-4,7,9-10,16H,5-6,8H2,1-2H3/t9?,10-/m1/s1. The first-order valence-corrected chi connectivity index (χ1v) is 7.86. The quantitative estimate of drug-likeness (QED) is 0.904. The second-order valence-electron chi connectivity index (χ2n) is 4.50. The SMILES string of the molecule is CC1CSCCN1c1ccc([C@@H](C)O)cc1Br. The number of rotatable bonds is 2. The molecule has 94 valence electrons. The Balaban J connectivity index is 2.26. The zero-order valence-electron chi connectivity index (χ0n) is 10.2. The van der Waals surface area contributed by atoms with Crippen LogP contribution in [-0.2, 0) is 0 Å². The third-order valence-corrected chi connectivity index (χ3v) is 4.96. The number of benzene rings is 1. The van der Waals surface area contributed by atoms with Gasteiger partial charge in [-0.05, 0) is 47.5 Å². The van der Waals surface area contributed by atoms with Crippen LogP contribution in [0.4, 0.5) is 5.69 Å². The monoisotopic (exact) mass is 315 g/mol. The molecule has 1 aromatic carbocycles. The number of aliphatic hydroxyl groups is 1. The third kappa shape index (κ3) is 2.98. The van der Waals surface area contributed by atoms with Crippen LogP contribution in [-0.4, -0.2) is 29.2 Å². The highest BCUT2D eigenvalue weighted by Gasteiger charge is 2.20. The lowest BCUT2D eigenvalue weighted by atomic mass is 10.1. The third-order valence-electron chi connectivity index (χ3n) is 3.13. The van der Waals surface area contributed by atoms with Gasteiger partial charge in [0.05, 0.1) is 11.8 Å². The fraction of sp³-hybridized carbons (Fsp3) is 0.538. The maximum absolute atomic E-state index is 9.56. The van der Waals surface area contributed by atoms with Crippen molar-refractivity contribution in [3.05, 3.63) is 28.2 Å². The molecule has 1 heterocycles. The summed E-state index contributed by atoms with van der Waals surface area (Å²) < 4.78 is 1.08. The average molecular weight is 316 g/mol. The number of halogens is 1. The van der Waals surface area contributed by atoms with Gasteiger partial charge in [-0.2, -0.15) is 11.8 Å². The van der Waals surface area contributed by atoms with Gasteiger partial charge in [0.2, 0.25) is 0 Å². The van der Waals surface area contributed by atoms with E-state index in [1.807, 2.05) is 23.9 Å². The molecule has 0 radical (unpaired) electrons. The van der Waals surface area contributed by atoms with E-state index in [0.29, 0.717) is 6.04 Å². The molecule has 1 aliphatic rings. The molecule has 1 aromatic rings. The van der Waals surface area contributed by atoms with Crippen molar-refractivity contribution < 1.29 is 5.11 Å². The Labute approximate surface area is 116 Å². The summed E-state index contributed by atoms with van der Waals surface area (Å²) in [4.78, 5) is 2.44. The Morgan fingerprint density at radius 2 is 2.29 bits per heavy atom. The van der Waals surface area contributed by atoms with E-state index in [-0.39, 0.29) is 0 Å². The fourth-order valence-electron chi connectivity index (χ4n) is 2.10. The highest BCUT2D eigenvalue weighted by atomic mass is 79.9. The lowest BCUT2D eigenvalue weighted by Crippen LogP contribution is -2.40. The molecule has 1 N–H and O–H groups in total. The van der Waals surface area contributed by atoms with E-state index < -0.39 is 6.10 Å². The predicted octanol–water partition coefficient (Wildman–Crippen LogP) is 3.44. The second-order valence-corrected chi connectivity index (χ2v) is 6.51. The van der Waals surface area contributed by atoms with Crippen LogP contribution in [0.3, 0.4) is 0 Å². The molecule has 1 fully saturated rings. The lowest BCUT2D eigenvalue weighted by molar-refractivity contribution is 0.199. The molecule has 1 aliphatic heterocycles. The van der Waals surface area contributed by atoms with Crippen molar-refractivity contribution in [2.75, 3.05) is 23.0 Å². The molecule has 2 atom stereocenters. The summed E-state index contributed by atoms with van der Waals surface area (Å²) in [6.07, 6.45) is -0.408. The van der Waals surface area contributed by atoms with Crippen LogP contribution in [0.1, 0.15) is 25.5 Å². The summed E-state index contributed by atoms with van der Waals surface area (Å²) in [6.45, 7) is 5.15. The van der Waals surface area contributed by atoms with Gasteiger partial charge in [-0.1, -0.05) is 6.07 Å². The molecular weight excluding hydrogens is 298 g/mol. The minimum atomic E-state index is -0.408. The van der Waals surface area contributed by atoms with Crippen LogP contribution < -0.4 is 4.90 Å². The smallest absolute Gasteiger partial charge is 0.0762 e. The van der Waals surface area contributed by atoms with Gasteiger partial charge in [0.1, 0.15) is 0 Å². The molecule has 17 heavy (non-hydrogen) atoms. The van der Waals surface area contributed by atoms with Crippen molar-refractivity contribution in [1.82, 2.24) is 0 Å².